The van der Waals surface area contributed by atoms with E-state index in [1.807, 2.05) is 13.8 Å². The van der Waals surface area contributed by atoms with Gasteiger partial charge in [0.05, 0.1) is 11.7 Å². The Hall–Kier alpha value is -1.36. The maximum Gasteiger partial charge on any atom is 0.303 e. The number of rotatable bonds is 6. The molecule has 5 heteroatoms. The molecule has 1 heterocycles. The summed E-state index contributed by atoms with van der Waals surface area (Å²) in [4.78, 5) is 23.0. The molecule has 0 amide bonds. The zero-order valence-corrected chi connectivity index (χ0v) is 15.5. The van der Waals surface area contributed by atoms with Gasteiger partial charge in [0.2, 0.25) is 0 Å². The van der Waals surface area contributed by atoms with E-state index in [1.54, 1.807) is 0 Å². The SMILES string of the molecule is C=C([C@@H](C[C@@H]1OC1(C)C)OC(C)=O)[C@@H]1C[C@@H](C)CC[C@H]1OC(C)=O. The fourth-order valence-electron chi connectivity index (χ4n) is 3.67. The zero-order valence-electron chi connectivity index (χ0n) is 15.5. The molecule has 1 aliphatic heterocycles. The van der Waals surface area contributed by atoms with Crippen molar-refractivity contribution in [1.82, 2.24) is 0 Å². The monoisotopic (exact) mass is 338 g/mol. The van der Waals surface area contributed by atoms with Crippen LogP contribution in [0.2, 0.25) is 0 Å². The molecule has 0 radical (unpaired) electrons. The third kappa shape index (κ3) is 4.82. The van der Waals surface area contributed by atoms with E-state index in [4.69, 9.17) is 14.2 Å². The fraction of sp³-hybridized carbons (Fsp3) is 0.789. The predicted molar refractivity (Wildman–Crippen MR) is 90.3 cm³/mol. The second kappa shape index (κ2) is 7.26. The first-order valence-electron chi connectivity index (χ1n) is 8.81. The van der Waals surface area contributed by atoms with E-state index in [0.29, 0.717) is 12.3 Å². The summed E-state index contributed by atoms with van der Waals surface area (Å²) in [6, 6.07) is 0. The van der Waals surface area contributed by atoms with Crippen LogP contribution in [0.3, 0.4) is 0 Å². The van der Waals surface area contributed by atoms with Crippen LogP contribution in [0.5, 0.6) is 0 Å². The van der Waals surface area contributed by atoms with Crippen LogP contribution in [0.4, 0.5) is 0 Å². The van der Waals surface area contributed by atoms with Crippen LogP contribution in [-0.4, -0.2) is 35.9 Å². The van der Waals surface area contributed by atoms with E-state index < -0.39 is 6.10 Å². The van der Waals surface area contributed by atoms with Crippen molar-refractivity contribution in [3.05, 3.63) is 12.2 Å². The average Bonchev–Trinajstić information content (AvgIpc) is 3.05. The Labute approximate surface area is 144 Å². The molecule has 1 saturated heterocycles. The lowest BCUT2D eigenvalue weighted by molar-refractivity contribution is -0.153. The van der Waals surface area contributed by atoms with Crippen LogP contribution in [0.1, 0.15) is 60.3 Å². The van der Waals surface area contributed by atoms with Crippen molar-refractivity contribution in [1.29, 1.82) is 0 Å². The van der Waals surface area contributed by atoms with Gasteiger partial charge in [0.15, 0.2) is 0 Å². The van der Waals surface area contributed by atoms with Gasteiger partial charge in [-0.2, -0.15) is 0 Å². The van der Waals surface area contributed by atoms with Crippen LogP contribution in [0.25, 0.3) is 0 Å². The topological polar surface area (TPSA) is 65.1 Å². The van der Waals surface area contributed by atoms with Crippen molar-refractivity contribution in [3.63, 3.8) is 0 Å². The highest BCUT2D eigenvalue weighted by molar-refractivity contribution is 5.67. The van der Waals surface area contributed by atoms with Gasteiger partial charge in [0, 0.05) is 26.2 Å². The Bertz CT molecular complexity index is 510. The smallest absolute Gasteiger partial charge is 0.303 e. The van der Waals surface area contributed by atoms with Gasteiger partial charge in [-0.15, -0.1) is 0 Å². The van der Waals surface area contributed by atoms with Crippen molar-refractivity contribution in [2.45, 2.75) is 84.2 Å². The number of hydrogen-bond donors (Lipinski definition) is 0. The highest BCUT2D eigenvalue weighted by atomic mass is 16.6. The summed E-state index contributed by atoms with van der Waals surface area (Å²) in [7, 11) is 0. The molecule has 136 valence electrons. The molecular weight excluding hydrogens is 308 g/mol. The molecule has 0 aromatic rings. The Morgan fingerprint density at radius 1 is 1.25 bits per heavy atom. The zero-order chi connectivity index (χ0) is 18.1. The molecule has 0 N–H and O–H groups in total. The molecule has 2 aliphatic rings. The van der Waals surface area contributed by atoms with E-state index in [9.17, 15) is 9.59 Å². The molecule has 0 bridgehead atoms. The van der Waals surface area contributed by atoms with Gasteiger partial charge in [-0.25, -0.2) is 0 Å². The molecule has 24 heavy (non-hydrogen) atoms. The number of epoxide rings is 1. The molecule has 0 spiro atoms. The summed E-state index contributed by atoms with van der Waals surface area (Å²) in [5.41, 5.74) is 0.669. The third-order valence-corrected chi connectivity index (χ3v) is 5.16. The third-order valence-electron chi connectivity index (χ3n) is 5.16. The summed E-state index contributed by atoms with van der Waals surface area (Å²) in [5.74, 6) is -0.0513. The molecule has 5 nitrogen and oxygen atoms in total. The minimum Gasteiger partial charge on any atom is -0.462 e. The lowest BCUT2D eigenvalue weighted by Crippen LogP contribution is -2.37. The van der Waals surface area contributed by atoms with Gasteiger partial charge in [-0.1, -0.05) is 13.5 Å². The highest BCUT2D eigenvalue weighted by Gasteiger charge is 2.50. The van der Waals surface area contributed by atoms with Crippen molar-refractivity contribution < 1.29 is 23.8 Å². The quantitative estimate of drug-likeness (QED) is 0.422. The lowest BCUT2D eigenvalue weighted by Gasteiger charge is -2.37. The average molecular weight is 338 g/mol. The van der Waals surface area contributed by atoms with E-state index in [0.717, 1.165) is 24.8 Å². The van der Waals surface area contributed by atoms with E-state index in [2.05, 4.69) is 13.5 Å². The van der Waals surface area contributed by atoms with Crippen molar-refractivity contribution >= 4 is 11.9 Å². The van der Waals surface area contributed by atoms with Crippen molar-refractivity contribution in [2.24, 2.45) is 11.8 Å². The second-order valence-corrected chi connectivity index (χ2v) is 7.79. The Morgan fingerprint density at radius 3 is 2.38 bits per heavy atom. The van der Waals surface area contributed by atoms with Crippen LogP contribution in [-0.2, 0) is 23.8 Å². The van der Waals surface area contributed by atoms with Gasteiger partial charge in [-0.05, 0) is 44.6 Å². The van der Waals surface area contributed by atoms with Crippen LogP contribution < -0.4 is 0 Å². The van der Waals surface area contributed by atoms with Crippen LogP contribution >= 0.6 is 0 Å². The van der Waals surface area contributed by atoms with Gasteiger partial charge in [0.25, 0.3) is 0 Å². The molecule has 1 saturated carbocycles. The molecule has 1 aliphatic carbocycles. The van der Waals surface area contributed by atoms with Gasteiger partial charge in [-0.3, -0.25) is 9.59 Å². The Morgan fingerprint density at radius 2 is 1.88 bits per heavy atom. The van der Waals surface area contributed by atoms with Crippen molar-refractivity contribution in [3.8, 4) is 0 Å². The first-order valence-corrected chi connectivity index (χ1v) is 8.81. The first-order chi connectivity index (χ1) is 11.1. The first kappa shape index (κ1) is 19.0. The maximum absolute atomic E-state index is 11.5. The van der Waals surface area contributed by atoms with Gasteiger partial charge >= 0.3 is 11.9 Å². The van der Waals surface area contributed by atoms with Crippen LogP contribution in [0, 0.1) is 11.8 Å². The van der Waals surface area contributed by atoms with E-state index >= 15 is 0 Å². The molecule has 0 aromatic heterocycles. The number of carbonyl (C=O) groups excluding carboxylic acids is 2. The van der Waals surface area contributed by atoms with Crippen molar-refractivity contribution in [2.75, 3.05) is 0 Å². The predicted octanol–water partition coefficient (Wildman–Crippen LogP) is 3.41. The largest absolute Gasteiger partial charge is 0.462 e. The fourth-order valence-corrected chi connectivity index (χ4v) is 3.67. The molecule has 0 aromatic carbocycles. The summed E-state index contributed by atoms with van der Waals surface area (Å²) in [6.45, 7) is 13.3. The molecule has 5 atom stereocenters. The number of ether oxygens (including phenoxy) is 3. The van der Waals surface area contributed by atoms with Crippen LogP contribution in [0.15, 0.2) is 12.2 Å². The highest BCUT2D eigenvalue weighted by Crippen LogP contribution is 2.42. The summed E-state index contributed by atoms with van der Waals surface area (Å²) >= 11 is 0. The molecular formula is C19H30O5. The minimum atomic E-state index is -0.400. The second-order valence-electron chi connectivity index (χ2n) is 7.79. The Balaban J connectivity index is 2.11. The lowest BCUT2D eigenvalue weighted by atomic mass is 9.75. The summed E-state index contributed by atoms with van der Waals surface area (Å²) in [5, 5.41) is 0. The van der Waals surface area contributed by atoms with Gasteiger partial charge < -0.3 is 14.2 Å². The maximum atomic E-state index is 11.5. The number of hydrogen-bond acceptors (Lipinski definition) is 5. The summed E-state index contributed by atoms with van der Waals surface area (Å²) in [6.07, 6.45) is 2.82. The van der Waals surface area contributed by atoms with E-state index in [-0.39, 0.29) is 35.7 Å². The standard InChI is InChI=1S/C19H30O5/c1-11-7-8-16(22-13(3)20)15(9-11)12(2)17(23-14(4)21)10-18-19(5,6)24-18/h11,15-18H,2,7-10H2,1,3-6H3/t11-,15-,16+,17+,18-/m0/s1. The molecule has 2 fully saturated rings. The normalized spacial score (nSPS) is 32.5. The van der Waals surface area contributed by atoms with E-state index in [1.165, 1.54) is 13.8 Å². The van der Waals surface area contributed by atoms with Gasteiger partial charge in [0.1, 0.15) is 12.2 Å². The number of esters is 2. The molecule has 2 rings (SSSR count). The molecule has 0 unspecified atom stereocenters. The summed E-state index contributed by atoms with van der Waals surface area (Å²) < 4.78 is 16.7. The Kier molecular flexibility index (Phi) is 5.74. The minimum absolute atomic E-state index is 0.0175. The number of carbonyl (C=O) groups is 2.